The van der Waals surface area contributed by atoms with E-state index in [9.17, 15) is 0 Å². The third-order valence-electron chi connectivity index (χ3n) is 7.59. The van der Waals surface area contributed by atoms with Gasteiger partial charge in [0, 0.05) is 14.7 Å². The predicted molar refractivity (Wildman–Crippen MR) is 162 cm³/mol. The van der Waals surface area contributed by atoms with E-state index in [1.165, 1.54) is 90.5 Å². The van der Waals surface area contributed by atoms with E-state index in [2.05, 4.69) is 77.1 Å². The third-order valence-corrected chi connectivity index (χ3v) is 14.8. The fraction of sp³-hybridized carbons (Fsp3) is 0.548. The first kappa shape index (κ1) is 27.6. The summed E-state index contributed by atoms with van der Waals surface area (Å²) in [6.45, 7) is 11.4. The zero-order valence-corrected chi connectivity index (χ0v) is 25.0. The quantitative estimate of drug-likeness (QED) is 0.146. The zero-order chi connectivity index (χ0) is 24.6. The number of hydrogen-bond acceptors (Lipinski definition) is 2. The first-order valence-corrected chi connectivity index (χ1v) is 17.3. The third kappa shape index (κ3) is 6.02. The maximum atomic E-state index is 5.20. The van der Waals surface area contributed by atoms with Crippen LogP contribution in [0.3, 0.4) is 0 Å². The van der Waals surface area contributed by atoms with Gasteiger partial charge in [0.1, 0.15) is 0 Å². The van der Waals surface area contributed by atoms with Crippen molar-refractivity contribution in [2.24, 2.45) is 5.92 Å². The normalized spacial score (nSPS) is 18.8. The van der Waals surface area contributed by atoms with Crippen LogP contribution in [-0.2, 0) is 6.42 Å². The molecule has 0 N–H and O–H groups in total. The number of aryl methyl sites for hydroxylation is 2. The van der Waals surface area contributed by atoms with Gasteiger partial charge in [-0.05, 0) is 59.4 Å². The van der Waals surface area contributed by atoms with Crippen molar-refractivity contribution < 1.29 is 0 Å². The highest BCUT2D eigenvalue weighted by atomic mass is 32.1. The topological polar surface area (TPSA) is 0 Å². The van der Waals surface area contributed by atoms with Crippen molar-refractivity contribution in [2.75, 3.05) is 0 Å². The molecule has 1 aliphatic heterocycles. The molecular weight excluding hydrogens is 465 g/mol. The van der Waals surface area contributed by atoms with Crippen LogP contribution >= 0.6 is 24.0 Å². The maximum Gasteiger partial charge on any atom is 0.152 e. The molecule has 0 aliphatic carbocycles. The summed E-state index contributed by atoms with van der Waals surface area (Å²) in [4.78, 5) is 4.15. The maximum absolute atomic E-state index is 5.20. The van der Waals surface area contributed by atoms with Gasteiger partial charge in [0.2, 0.25) is 0 Å². The lowest BCUT2D eigenvalue weighted by Crippen LogP contribution is -2.59. The lowest BCUT2D eigenvalue weighted by atomic mass is 9.97. The minimum absolute atomic E-state index is 0.798. The highest BCUT2D eigenvalue weighted by Crippen LogP contribution is 2.44. The predicted octanol–water partition coefficient (Wildman–Crippen LogP) is 9.12. The molecule has 0 fully saturated rings. The first-order chi connectivity index (χ1) is 16.5. The van der Waals surface area contributed by atoms with Crippen LogP contribution < -0.4 is 10.4 Å². The summed E-state index contributed by atoms with van der Waals surface area (Å²) in [7, 11) is -2.12. The Hall–Kier alpha value is -1.03. The van der Waals surface area contributed by atoms with E-state index in [1.54, 1.807) is 15.6 Å². The van der Waals surface area contributed by atoms with Crippen molar-refractivity contribution in [3.63, 3.8) is 0 Å². The van der Waals surface area contributed by atoms with Crippen molar-refractivity contribution >= 4 is 47.3 Å². The van der Waals surface area contributed by atoms with Gasteiger partial charge in [-0.2, -0.15) is 0 Å². The van der Waals surface area contributed by atoms with E-state index in [0.717, 1.165) is 5.92 Å². The molecule has 1 aromatic heterocycles. The summed E-state index contributed by atoms with van der Waals surface area (Å²) < 4.78 is 0. The molecule has 2 unspecified atom stereocenters. The first-order valence-electron chi connectivity index (χ1n) is 13.8. The Morgan fingerprint density at radius 1 is 0.941 bits per heavy atom. The molecule has 186 valence electrons. The largest absolute Gasteiger partial charge is 0.152 e. The summed E-state index contributed by atoms with van der Waals surface area (Å²) >= 11 is 7.15. The van der Waals surface area contributed by atoms with Gasteiger partial charge >= 0.3 is 0 Å². The second-order valence-corrected chi connectivity index (χ2v) is 15.9. The summed E-state index contributed by atoms with van der Waals surface area (Å²) in [5.41, 5.74) is 1.47. The van der Waals surface area contributed by atoms with Crippen LogP contribution in [0, 0.1) is 12.8 Å². The van der Waals surface area contributed by atoms with Gasteiger partial charge < -0.3 is 0 Å². The summed E-state index contributed by atoms with van der Waals surface area (Å²) in [5, 5.41) is 4.79. The molecule has 0 nitrogen and oxygen atoms in total. The van der Waals surface area contributed by atoms with Gasteiger partial charge in [-0.1, -0.05) is 115 Å². The van der Waals surface area contributed by atoms with E-state index in [0.29, 0.717) is 0 Å². The molecule has 2 atom stereocenters. The molecule has 0 spiro atoms. The molecule has 0 amide bonds. The Balaban J connectivity index is 2.11. The molecule has 34 heavy (non-hydrogen) atoms. The second kappa shape index (κ2) is 13.3. The van der Waals surface area contributed by atoms with Gasteiger partial charge in [0.15, 0.2) is 8.07 Å². The molecule has 3 rings (SSSR count). The molecule has 2 heterocycles. The number of rotatable bonds is 14. The van der Waals surface area contributed by atoms with Gasteiger partial charge in [-0.15, -0.1) is 24.0 Å². The van der Waals surface area contributed by atoms with Crippen LogP contribution in [0.5, 0.6) is 0 Å². The van der Waals surface area contributed by atoms with E-state index >= 15 is 0 Å². The Bertz CT molecular complexity index is 966. The summed E-state index contributed by atoms with van der Waals surface area (Å²) in [6.07, 6.45) is 17.9. The van der Waals surface area contributed by atoms with Crippen LogP contribution in [-0.4, -0.2) is 8.07 Å². The number of allylic oxidation sites excluding steroid dienone is 3. The monoisotopic (exact) mass is 510 g/mol. The summed E-state index contributed by atoms with van der Waals surface area (Å²) in [5.74, 6) is 0.798. The van der Waals surface area contributed by atoms with Crippen molar-refractivity contribution in [1.29, 1.82) is 0 Å². The number of benzene rings is 1. The van der Waals surface area contributed by atoms with Crippen molar-refractivity contribution in [2.45, 2.75) is 105 Å². The van der Waals surface area contributed by atoms with Crippen molar-refractivity contribution in [1.82, 2.24) is 0 Å². The van der Waals surface area contributed by atoms with Crippen LogP contribution in [0.2, 0.25) is 6.04 Å². The number of hydrogen-bond donors (Lipinski definition) is 1. The second-order valence-electron chi connectivity index (χ2n) is 10.3. The van der Waals surface area contributed by atoms with Gasteiger partial charge in [-0.25, -0.2) is 0 Å². The fourth-order valence-corrected chi connectivity index (χ4v) is 14.2. The Labute approximate surface area is 220 Å². The Morgan fingerprint density at radius 2 is 1.65 bits per heavy atom. The highest BCUT2D eigenvalue weighted by molar-refractivity contribution is 7.91. The van der Waals surface area contributed by atoms with Gasteiger partial charge in [0.05, 0.1) is 0 Å². The Morgan fingerprint density at radius 3 is 2.29 bits per heavy atom. The van der Waals surface area contributed by atoms with Crippen LogP contribution in [0.15, 0.2) is 47.7 Å². The fourth-order valence-electron chi connectivity index (χ4n) is 5.89. The standard InChI is InChI=1S/C31H46S2Si/c1-6-10-12-13-17-26(16-11-7-2)23-34(27-20-18-25(14-8-3)19-21-27)28(15-9-4)30(32)31-29(34)22-24(5)33-31/h9,15,18-22,26,32H,6-8,10-14,16-17,23H2,1-5H3. The molecule has 0 bridgehead atoms. The van der Waals surface area contributed by atoms with E-state index in [1.807, 2.05) is 11.3 Å². The van der Waals surface area contributed by atoms with Crippen molar-refractivity contribution in [3.05, 3.63) is 63.0 Å². The molecule has 2 aromatic rings. The van der Waals surface area contributed by atoms with E-state index in [4.69, 9.17) is 12.6 Å². The highest BCUT2D eigenvalue weighted by Gasteiger charge is 2.49. The average Bonchev–Trinajstić information content (AvgIpc) is 3.32. The lowest BCUT2D eigenvalue weighted by molar-refractivity contribution is 0.442. The lowest BCUT2D eigenvalue weighted by Gasteiger charge is -2.35. The molecule has 1 aliphatic rings. The van der Waals surface area contributed by atoms with Crippen molar-refractivity contribution in [3.8, 4) is 0 Å². The molecular formula is C31H46S2Si. The minimum Gasteiger partial charge on any atom is -0.142 e. The molecule has 1 aromatic carbocycles. The van der Waals surface area contributed by atoms with Crippen LogP contribution in [0.1, 0.15) is 101 Å². The molecule has 0 saturated heterocycles. The number of thiophene rings is 1. The SMILES string of the molecule is CC=CC1=C(S)c2sc(C)cc2[Si]1(CC(CCCC)CCCCCC)c1ccc(CCC)cc1. The minimum atomic E-state index is -2.12. The molecule has 0 radical (unpaired) electrons. The van der Waals surface area contributed by atoms with Gasteiger partial charge in [0.25, 0.3) is 0 Å². The van der Waals surface area contributed by atoms with Gasteiger partial charge in [-0.3, -0.25) is 0 Å². The number of thiol groups is 1. The molecule has 0 saturated carbocycles. The zero-order valence-electron chi connectivity index (χ0n) is 22.3. The number of unbranched alkanes of at least 4 members (excludes halogenated alkanes) is 4. The average molecular weight is 511 g/mol. The summed E-state index contributed by atoms with van der Waals surface area (Å²) in [6, 6.07) is 13.7. The van der Waals surface area contributed by atoms with E-state index < -0.39 is 8.07 Å². The van der Waals surface area contributed by atoms with Crippen LogP contribution in [0.25, 0.3) is 4.91 Å². The smallest absolute Gasteiger partial charge is 0.142 e. The number of fused-ring (bicyclic) bond motifs is 1. The van der Waals surface area contributed by atoms with Crippen LogP contribution in [0.4, 0.5) is 0 Å². The van der Waals surface area contributed by atoms with E-state index in [-0.39, 0.29) is 0 Å². The molecule has 3 heteroatoms. The Kier molecular flexibility index (Phi) is 10.8.